The van der Waals surface area contributed by atoms with Crippen LogP contribution in [0.25, 0.3) is 0 Å². The average Bonchev–Trinajstić information content (AvgIpc) is 2.57. The summed E-state index contributed by atoms with van der Waals surface area (Å²) in [5, 5.41) is 0. The molecule has 1 heterocycles. The monoisotopic (exact) mass is 368 g/mol. The summed E-state index contributed by atoms with van der Waals surface area (Å²) >= 11 is 0. The Balaban J connectivity index is 1.90. The van der Waals surface area contributed by atoms with Crippen LogP contribution in [-0.2, 0) is 28.5 Å². The van der Waals surface area contributed by atoms with E-state index >= 15 is 0 Å². The second-order valence-electron chi connectivity index (χ2n) is 9.22. The van der Waals surface area contributed by atoms with Gasteiger partial charge in [-0.05, 0) is 31.6 Å². The van der Waals surface area contributed by atoms with Gasteiger partial charge in [0.2, 0.25) is 0 Å². The zero-order chi connectivity index (χ0) is 19.2. The molecule has 2 saturated carbocycles. The molecule has 0 aromatic rings. The van der Waals surface area contributed by atoms with Crippen LogP contribution in [0.4, 0.5) is 0 Å². The Morgan fingerprint density at radius 2 is 1.77 bits per heavy atom. The zero-order valence-corrected chi connectivity index (χ0v) is 16.6. The summed E-state index contributed by atoms with van der Waals surface area (Å²) in [6, 6.07) is 0. The number of hydrogen-bond donors (Lipinski definition) is 0. The molecule has 1 aliphatic heterocycles. The number of carbonyl (C=O) groups excluding carboxylic acids is 2. The highest BCUT2D eigenvalue weighted by molar-refractivity contribution is 5.74. The molecule has 0 aromatic carbocycles. The normalized spacial score (nSPS) is 38.3. The van der Waals surface area contributed by atoms with Crippen molar-refractivity contribution in [2.75, 3.05) is 20.3 Å². The molecule has 0 amide bonds. The molecule has 1 spiro atoms. The SMILES string of the molecule is COC(=O)C1C[C@@]2(C)[C@H](CCCC23OCC(C)(C)CO3)CC1OC(C)=O. The van der Waals surface area contributed by atoms with Crippen LogP contribution in [0.15, 0.2) is 0 Å². The molecule has 4 atom stereocenters. The maximum atomic E-state index is 12.5. The van der Waals surface area contributed by atoms with Gasteiger partial charge in [0.05, 0.1) is 26.2 Å². The van der Waals surface area contributed by atoms with E-state index in [0.717, 1.165) is 19.3 Å². The van der Waals surface area contributed by atoms with Crippen molar-refractivity contribution < 1.29 is 28.5 Å². The van der Waals surface area contributed by atoms with Crippen molar-refractivity contribution in [1.82, 2.24) is 0 Å². The second kappa shape index (κ2) is 6.79. The maximum absolute atomic E-state index is 12.5. The fourth-order valence-electron chi connectivity index (χ4n) is 5.14. The van der Waals surface area contributed by atoms with Gasteiger partial charge in [-0.2, -0.15) is 0 Å². The smallest absolute Gasteiger partial charge is 0.312 e. The highest BCUT2D eigenvalue weighted by Gasteiger charge is 2.63. The average molecular weight is 368 g/mol. The predicted molar refractivity (Wildman–Crippen MR) is 94.2 cm³/mol. The van der Waals surface area contributed by atoms with Crippen LogP contribution in [0.3, 0.4) is 0 Å². The molecule has 6 nitrogen and oxygen atoms in total. The molecule has 0 N–H and O–H groups in total. The summed E-state index contributed by atoms with van der Waals surface area (Å²) in [6.45, 7) is 9.13. The first-order valence-electron chi connectivity index (χ1n) is 9.65. The second-order valence-corrected chi connectivity index (χ2v) is 9.22. The van der Waals surface area contributed by atoms with E-state index in [2.05, 4.69) is 20.8 Å². The van der Waals surface area contributed by atoms with Gasteiger partial charge >= 0.3 is 11.9 Å². The third-order valence-electron chi connectivity index (χ3n) is 6.65. The minimum Gasteiger partial charge on any atom is -0.469 e. The Morgan fingerprint density at radius 3 is 2.35 bits per heavy atom. The lowest BCUT2D eigenvalue weighted by molar-refractivity contribution is -0.374. The highest BCUT2D eigenvalue weighted by Crippen LogP contribution is 2.60. The number of hydrogen-bond acceptors (Lipinski definition) is 6. The molecule has 3 aliphatic rings. The molecule has 0 radical (unpaired) electrons. The Bertz CT molecular complexity index is 561. The Kier molecular flexibility index (Phi) is 5.12. The predicted octanol–water partition coefficient (Wildman–Crippen LogP) is 3.08. The van der Waals surface area contributed by atoms with Gasteiger partial charge in [0.15, 0.2) is 5.79 Å². The summed E-state index contributed by atoms with van der Waals surface area (Å²) in [7, 11) is 1.38. The molecular weight excluding hydrogens is 336 g/mol. The van der Waals surface area contributed by atoms with Crippen molar-refractivity contribution in [3.8, 4) is 0 Å². The van der Waals surface area contributed by atoms with Crippen LogP contribution < -0.4 is 0 Å². The highest BCUT2D eigenvalue weighted by atomic mass is 16.7. The summed E-state index contributed by atoms with van der Waals surface area (Å²) in [5.41, 5.74) is -0.317. The van der Waals surface area contributed by atoms with Crippen molar-refractivity contribution in [3.63, 3.8) is 0 Å². The Labute approximate surface area is 155 Å². The fourth-order valence-corrected chi connectivity index (χ4v) is 5.14. The van der Waals surface area contributed by atoms with Gasteiger partial charge in [-0.25, -0.2) is 0 Å². The van der Waals surface area contributed by atoms with E-state index in [1.807, 2.05) is 0 Å². The summed E-state index contributed by atoms with van der Waals surface area (Å²) < 4.78 is 23.3. The summed E-state index contributed by atoms with van der Waals surface area (Å²) in [6.07, 6.45) is 3.63. The lowest BCUT2D eigenvalue weighted by atomic mass is 9.54. The number of ether oxygens (including phenoxy) is 4. The molecule has 1 saturated heterocycles. The topological polar surface area (TPSA) is 71.1 Å². The fraction of sp³-hybridized carbons (Fsp3) is 0.900. The number of methoxy groups -OCH3 is 1. The van der Waals surface area contributed by atoms with E-state index in [4.69, 9.17) is 18.9 Å². The van der Waals surface area contributed by atoms with Crippen LogP contribution in [0.2, 0.25) is 0 Å². The molecule has 3 fully saturated rings. The lowest BCUT2D eigenvalue weighted by Gasteiger charge is -2.61. The minimum atomic E-state index is -0.668. The van der Waals surface area contributed by atoms with E-state index < -0.39 is 17.8 Å². The first kappa shape index (κ1) is 19.6. The van der Waals surface area contributed by atoms with Crippen molar-refractivity contribution in [2.45, 2.75) is 71.7 Å². The number of esters is 2. The van der Waals surface area contributed by atoms with E-state index in [9.17, 15) is 9.59 Å². The number of fused-ring (bicyclic) bond motifs is 2. The van der Waals surface area contributed by atoms with Crippen LogP contribution in [-0.4, -0.2) is 44.2 Å². The molecule has 0 aromatic heterocycles. The van der Waals surface area contributed by atoms with E-state index in [1.165, 1.54) is 14.0 Å². The van der Waals surface area contributed by atoms with Crippen molar-refractivity contribution in [3.05, 3.63) is 0 Å². The Morgan fingerprint density at radius 1 is 1.12 bits per heavy atom. The largest absolute Gasteiger partial charge is 0.469 e. The van der Waals surface area contributed by atoms with Gasteiger partial charge in [-0.15, -0.1) is 0 Å². The zero-order valence-electron chi connectivity index (χ0n) is 16.6. The van der Waals surface area contributed by atoms with Crippen LogP contribution >= 0.6 is 0 Å². The molecule has 26 heavy (non-hydrogen) atoms. The van der Waals surface area contributed by atoms with Gasteiger partial charge in [-0.1, -0.05) is 20.8 Å². The van der Waals surface area contributed by atoms with E-state index in [1.54, 1.807) is 0 Å². The van der Waals surface area contributed by atoms with E-state index in [0.29, 0.717) is 26.1 Å². The quantitative estimate of drug-likeness (QED) is 0.698. The van der Waals surface area contributed by atoms with Crippen molar-refractivity contribution in [2.24, 2.45) is 22.7 Å². The van der Waals surface area contributed by atoms with Crippen molar-refractivity contribution in [1.29, 1.82) is 0 Å². The maximum Gasteiger partial charge on any atom is 0.312 e. The molecule has 3 rings (SSSR count). The lowest BCUT2D eigenvalue weighted by Crippen LogP contribution is -2.64. The first-order chi connectivity index (χ1) is 12.1. The van der Waals surface area contributed by atoms with Crippen molar-refractivity contribution >= 4 is 11.9 Å². The molecule has 148 valence electrons. The van der Waals surface area contributed by atoms with Gasteiger partial charge in [-0.3, -0.25) is 9.59 Å². The minimum absolute atomic E-state index is 0.00868. The molecule has 2 aliphatic carbocycles. The third-order valence-corrected chi connectivity index (χ3v) is 6.65. The molecule has 2 unspecified atom stereocenters. The van der Waals surface area contributed by atoms with Gasteiger partial charge in [0.25, 0.3) is 0 Å². The van der Waals surface area contributed by atoms with Gasteiger partial charge < -0.3 is 18.9 Å². The standard InChI is InChI=1S/C20H32O6/c1-13(21)26-16-9-14-7-6-8-20(24-11-18(2,3)12-25-20)19(14,4)10-15(16)17(22)23-5/h14-16H,6-12H2,1-5H3/t14-,15?,16?,19+/m1/s1. The van der Waals surface area contributed by atoms with Crippen LogP contribution in [0.5, 0.6) is 0 Å². The molecular formula is C20H32O6. The van der Waals surface area contributed by atoms with Gasteiger partial charge in [0, 0.05) is 24.2 Å². The summed E-state index contributed by atoms with van der Waals surface area (Å²) in [4.78, 5) is 24.0. The molecule has 6 heteroatoms. The third kappa shape index (κ3) is 3.26. The molecule has 0 bridgehead atoms. The Hall–Kier alpha value is -1.14. The number of rotatable bonds is 2. The van der Waals surface area contributed by atoms with E-state index in [-0.39, 0.29) is 28.7 Å². The van der Waals surface area contributed by atoms with Gasteiger partial charge in [0.1, 0.15) is 6.10 Å². The first-order valence-corrected chi connectivity index (χ1v) is 9.65. The number of carbonyl (C=O) groups is 2. The van der Waals surface area contributed by atoms with Crippen LogP contribution in [0.1, 0.15) is 59.8 Å². The van der Waals surface area contributed by atoms with Crippen LogP contribution in [0, 0.1) is 22.7 Å². The summed E-state index contributed by atoms with van der Waals surface area (Å²) in [5.74, 6) is -1.55.